The van der Waals surface area contributed by atoms with E-state index in [1.165, 1.54) is 37.3 Å². The Balaban J connectivity index is 1.73. The van der Waals surface area contributed by atoms with Gasteiger partial charge in [-0.15, -0.1) is 0 Å². The Bertz CT molecular complexity index is 1070. The molecule has 0 aliphatic heterocycles. The van der Waals surface area contributed by atoms with Gasteiger partial charge in [-0.3, -0.25) is 9.59 Å². The van der Waals surface area contributed by atoms with Crippen molar-refractivity contribution < 1.29 is 32.3 Å². The minimum atomic E-state index is -2.97. The minimum absolute atomic E-state index is 0.103. The fourth-order valence-corrected chi connectivity index (χ4v) is 2.51. The summed E-state index contributed by atoms with van der Waals surface area (Å²) in [6, 6.07) is 12.4. The van der Waals surface area contributed by atoms with E-state index in [0.29, 0.717) is 5.39 Å². The largest absolute Gasteiger partial charge is 0.449 e. The Kier molecular flexibility index (Phi) is 5.49. The van der Waals surface area contributed by atoms with Crippen LogP contribution in [0.3, 0.4) is 0 Å². The fraction of sp³-hybridized carbons (Fsp3) is 0.150. The number of alkyl halides is 2. The predicted octanol–water partition coefficient (Wildman–Crippen LogP) is 3.82. The second kappa shape index (κ2) is 7.99. The maximum absolute atomic E-state index is 12.4. The van der Waals surface area contributed by atoms with Gasteiger partial charge in [-0.25, -0.2) is 4.79 Å². The highest BCUT2D eigenvalue weighted by Gasteiger charge is 2.22. The first-order valence-corrected chi connectivity index (χ1v) is 8.18. The summed E-state index contributed by atoms with van der Waals surface area (Å²) in [4.78, 5) is 36.7. The Morgan fingerprint density at radius 3 is 2.39 bits per heavy atom. The van der Waals surface area contributed by atoms with Crippen molar-refractivity contribution in [3.05, 3.63) is 76.1 Å². The lowest BCUT2D eigenvalue weighted by Gasteiger charge is -2.12. The van der Waals surface area contributed by atoms with Crippen LogP contribution in [0.4, 0.5) is 8.78 Å². The van der Waals surface area contributed by atoms with E-state index in [4.69, 9.17) is 9.15 Å². The van der Waals surface area contributed by atoms with Gasteiger partial charge in [0.25, 0.3) is 0 Å². The molecule has 0 spiro atoms. The lowest BCUT2D eigenvalue weighted by molar-refractivity contribution is -0.0498. The van der Waals surface area contributed by atoms with Gasteiger partial charge in [0.15, 0.2) is 11.5 Å². The van der Waals surface area contributed by atoms with E-state index < -0.39 is 29.9 Å². The molecule has 144 valence electrons. The third kappa shape index (κ3) is 4.22. The number of benzene rings is 2. The van der Waals surface area contributed by atoms with Gasteiger partial charge >= 0.3 is 12.6 Å². The molecule has 2 aromatic carbocycles. The van der Waals surface area contributed by atoms with Gasteiger partial charge in [-0.2, -0.15) is 8.78 Å². The molecule has 8 heteroatoms. The molecule has 0 radical (unpaired) electrons. The van der Waals surface area contributed by atoms with Gasteiger partial charge in [0.1, 0.15) is 11.3 Å². The third-order valence-corrected chi connectivity index (χ3v) is 3.85. The van der Waals surface area contributed by atoms with E-state index in [1.807, 2.05) is 0 Å². The van der Waals surface area contributed by atoms with Crippen molar-refractivity contribution in [3.8, 4) is 5.75 Å². The Morgan fingerprint density at radius 1 is 1.04 bits per heavy atom. The Morgan fingerprint density at radius 2 is 1.71 bits per heavy atom. The molecule has 1 heterocycles. The average molecular weight is 388 g/mol. The molecule has 28 heavy (non-hydrogen) atoms. The number of rotatable bonds is 6. The summed E-state index contributed by atoms with van der Waals surface area (Å²) < 4.78 is 39.0. The number of para-hydroxylation sites is 1. The van der Waals surface area contributed by atoms with Crippen LogP contribution in [0.25, 0.3) is 11.0 Å². The molecular formula is C20H14F2O6. The summed E-state index contributed by atoms with van der Waals surface area (Å²) in [5, 5.41) is 0.314. The zero-order chi connectivity index (χ0) is 20.3. The monoisotopic (exact) mass is 388 g/mol. The molecule has 1 atom stereocenters. The maximum Gasteiger partial charge on any atom is 0.387 e. The van der Waals surface area contributed by atoms with Crippen LogP contribution >= 0.6 is 0 Å². The lowest BCUT2D eigenvalue weighted by atomic mass is 10.1. The van der Waals surface area contributed by atoms with E-state index in [9.17, 15) is 23.2 Å². The van der Waals surface area contributed by atoms with E-state index in [1.54, 1.807) is 18.2 Å². The molecule has 3 aromatic rings. The number of fused-ring (bicyclic) bond motifs is 1. The van der Waals surface area contributed by atoms with Crippen LogP contribution in [-0.4, -0.2) is 24.5 Å². The highest BCUT2D eigenvalue weighted by Crippen LogP contribution is 2.18. The second-order valence-corrected chi connectivity index (χ2v) is 5.79. The van der Waals surface area contributed by atoms with Gasteiger partial charge in [0.2, 0.25) is 11.5 Å². The van der Waals surface area contributed by atoms with Crippen LogP contribution < -0.4 is 10.2 Å². The molecule has 0 saturated heterocycles. The van der Waals surface area contributed by atoms with Crippen LogP contribution in [0.15, 0.2) is 63.8 Å². The molecule has 0 fully saturated rings. The van der Waals surface area contributed by atoms with Gasteiger partial charge < -0.3 is 13.9 Å². The molecule has 0 amide bonds. The molecular weight excluding hydrogens is 374 g/mol. The number of carbonyl (C=O) groups is 2. The SMILES string of the molecule is C[C@@H](OC(=O)c1cc(=O)c2ccccc2o1)C(=O)c1ccc(OC(F)F)cc1. The second-order valence-electron chi connectivity index (χ2n) is 5.79. The summed E-state index contributed by atoms with van der Waals surface area (Å²) in [7, 11) is 0. The van der Waals surface area contributed by atoms with Crippen molar-refractivity contribution in [2.45, 2.75) is 19.6 Å². The summed E-state index contributed by atoms with van der Waals surface area (Å²) >= 11 is 0. The molecule has 0 N–H and O–H groups in total. The first-order valence-electron chi connectivity index (χ1n) is 8.18. The minimum Gasteiger partial charge on any atom is -0.449 e. The zero-order valence-electron chi connectivity index (χ0n) is 14.6. The number of ketones is 1. The highest BCUT2D eigenvalue weighted by molar-refractivity contribution is 6.01. The van der Waals surface area contributed by atoms with Crippen molar-refractivity contribution in [1.82, 2.24) is 0 Å². The first-order chi connectivity index (χ1) is 13.3. The molecule has 0 unspecified atom stereocenters. The quantitative estimate of drug-likeness (QED) is 0.472. The van der Waals surface area contributed by atoms with Crippen molar-refractivity contribution in [3.63, 3.8) is 0 Å². The fourth-order valence-electron chi connectivity index (χ4n) is 2.51. The van der Waals surface area contributed by atoms with E-state index >= 15 is 0 Å². The number of halogens is 2. The molecule has 0 aliphatic carbocycles. The van der Waals surface area contributed by atoms with Crippen molar-refractivity contribution in [2.24, 2.45) is 0 Å². The molecule has 6 nitrogen and oxygen atoms in total. The van der Waals surface area contributed by atoms with Crippen LogP contribution in [0.2, 0.25) is 0 Å². The summed E-state index contributed by atoms with van der Waals surface area (Å²) in [6.07, 6.45) is -1.19. The van der Waals surface area contributed by atoms with E-state index in [0.717, 1.165) is 6.07 Å². The summed E-state index contributed by atoms with van der Waals surface area (Å²) in [5.41, 5.74) is -0.0557. The normalized spacial score (nSPS) is 12.0. The first kappa shape index (κ1) is 19.2. The van der Waals surface area contributed by atoms with E-state index in [2.05, 4.69) is 4.74 Å². The number of hydrogen-bond donors (Lipinski definition) is 0. The maximum atomic E-state index is 12.4. The van der Waals surface area contributed by atoms with Crippen molar-refractivity contribution in [2.75, 3.05) is 0 Å². The van der Waals surface area contributed by atoms with Crippen LogP contribution in [0, 0.1) is 0 Å². The molecule has 0 bridgehead atoms. The molecule has 0 saturated carbocycles. The molecule has 0 aliphatic rings. The van der Waals surface area contributed by atoms with Crippen LogP contribution in [0.1, 0.15) is 27.8 Å². The predicted molar refractivity (Wildman–Crippen MR) is 94.8 cm³/mol. The summed E-state index contributed by atoms with van der Waals surface area (Å²) in [6.45, 7) is -1.62. The van der Waals surface area contributed by atoms with Gasteiger partial charge in [0, 0.05) is 11.6 Å². The average Bonchev–Trinajstić information content (AvgIpc) is 2.67. The van der Waals surface area contributed by atoms with Crippen molar-refractivity contribution in [1.29, 1.82) is 0 Å². The topological polar surface area (TPSA) is 82.8 Å². The molecule has 3 rings (SSSR count). The van der Waals surface area contributed by atoms with Crippen molar-refractivity contribution >= 4 is 22.7 Å². The van der Waals surface area contributed by atoms with Gasteiger partial charge in [0.05, 0.1) is 5.39 Å². The summed E-state index contributed by atoms with van der Waals surface area (Å²) in [5.74, 6) is -1.96. The third-order valence-electron chi connectivity index (χ3n) is 3.85. The number of ether oxygens (including phenoxy) is 2. The van der Waals surface area contributed by atoms with Gasteiger partial charge in [-0.1, -0.05) is 12.1 Å². The number of hydrogen-bond acceptors (Lipinski definition) is 6. The smallest absolute Gasteiger partial charge is 0.387 e. The molecule has 1 aromatic heterocycles. The number of carbonyl (C=O) groups excluding carboxylic acids is 2. The van der Waals surface area contributed by atoms with Gasteiger partial charge in [-0.05, 0) is 43.3 Å². The standard InChI is InChI=1S/C20H14F2O6/c1-11(18(24)12-6-8-13(9-7-12)27-20(21)22)26-19(25)17-10-15(23)14-4-2-3-5-16(14)28-17/h2-11,20H,1H3/t11-/m1/s1. The number of Topliss-reactive ketones (excluding diaryl/α,β-unsaturated/α-hetero) is 1. The van der Waals surface area contributed by atoms with E-state index in [-0.39, 0.29) is 22.7 Å². The zero-order valence-corrected chi connectivity index (χ0v) is 14.6. The lowest BCUT2D eigenvalue weighted by Crippen LogP contribution is -2.25. The Labute approximate surface area is 157 Å². The van der Waals surface area contributed by atoms with Crippen LogP contribution in [0.5, 0.6) is 5.75 Å². The van der Waals surface area contributed by atoms with Crippen LogP contribution in [-0.2, 0) is 4.74 Å². The highest BCUT2D eigenvalue weighted by atomic mass is 19.3. The Hall–Kier alpha value is -3.55. The number of esters is 1.